The van der Waals surface area contributed by atoms with Crippen LogP contribution in [-0.4, -0.2) is 54.1 Å². The lowest BCUT2D eigenvalue weighted by molar-refractivity contribution is -0.148. The van der Waals surface area contributed by atoms with Gasteiger partial charge in [-0.1, -0.05) is 25.0 Å². The highest BCUT2D eigenvalue weighted by atomic mass is 19.4. The van der Waals surface area contributed by atoms with Crippen molar-refractivity contribution in [1.29, 1.82) is 0 Å². The Balaban J connectivity index is 1.18. The number of hydrogen-bond acceptors (Lipinski definition) is 5. The van der Waals surface area contributed by atoms with Gasteiger partial charge in [-0.25, -0.2) is 4.79 Å². The Labute approximate surface area is 209 Å². The van der Waals surface area contributed by atoms with Crippen molar-refractivity contribution in [2.75, 3.05) is 13.1 Å². The van der Waals surface area contributed by atoms with E-state index in [9.17, 15) is 27.6 Å². The lowest BCUT2D eigenvalue weighted by atomic mass is 9.78. The van der Waals surface area contributed by atoms with Gasteiger partial charge in [-0.2, -0.15) is 13.2 Å². The van der Waals surface area contributed by atoms with Gasteiger partial charge in [-0.05, 0) is 30.4 Å². The van der Waals surface area contributed by atoms with Gasteiger partial charge in [0.2, 0.25) is 17.6 Å². The largest absolute Gasteiger partial charge is 0.451 e. The van der Waals surface area contributed by atoms with Crippen molar-refractivity contribution in [3.05, 3.63) is 46.4 Å². The first-order chi connectivity index (χ1) is 17.7. The van der Waals surface area contributed by atoms with Gasteiger partial charge in [0.25, 0.3) is 0 Å². The molecule has 1 aliphatic heterocycles. The van der Waals surface area contributed by atoms with Gasteiger partial charge < -0.3 is 19.8 Å². The summed E-state index contributed by atoms with van der Waals surface area (Å²) in [6.45, 7) is 0.657. The first-order valence-electron chi connectivity index (χ1n) is 12.4. The lowest BCUT2D eigenvalue weighted by Crippen LogP contribution is -2.42. The molecule has 198 valence electrons. The summed E-state index contributed by atoms with van der Waals surface area (Å²) < 4.78 is 41.9. The van der Waals surface area contributed by atoms with E-state index >= 15 is 0 Å². The molecule has 0 bridgehead atoms. The van der Waals surface area contributed by atoms with Gasteiger partial charge >= 0.3 is 11.9 Å². The van der Waals surface area contributed by atoms with Crippen molar-refractivity contribution in [3.8, 4) is 0 Å². The predicted octanol–water partition coefficient (Wildman–Crippen LogP) is 2.44. The smallest absolute Gasteiger partial charge is 0.354 e. The Morgan fingerprint density at radius 1 is 1.08 bits per heavy atom. The number of para-hydroxylation sites is 2. The number of amides is 2. The number of hydrogen-bond donors (Lipinski definition) is 2. The summed E-state index contributed by atoms with van der Waals surface area (Å²) in [6.07, 6.45) is -0.969. The number of rotatable bonds is 7. The molecule has 5 rings (SSSR count). The van der Waals surface area contributed by atoms with E-state index in [1.165, 1.54) is 4.90 Å². The maximum Gasteiger partial charge on any atom is 0.451 e. The van der Waals surface area contributed by atoms with Crippen LogP contribution in [0.25, 0.3) is 11.0 Å². The maximum atomic E-state index is 13.2. The number of H-pyrrole nitrogens is 1. The summed E-state index contributed by atoms with van der Waals surface area (Å²) in [4.78, 5) is 42.5. The summed E-state index contributed by atoms with van der Waals surface area (Å²) >= 11 is 0. The van der Waals surface area contributed by atoms with E-state index in [2.05, 4.69) is 20.5 Å². The molecule has 1 saturated carbocycles. The van der Waals surface area contributed by atoms with Crippen LogP contribution in [-0.2, 0) is 35.4 Å². The fraction of sp³-hybridized carbons (Fsp3) is 0.542. The highest BCUT2D eigenvalue weighted by Gasteiger charge is 2.42. The van der Waals surface area contributed by atoms with Crippen molar-refractivity contribution >= 4 is 22.8 Å². The van der Waals surface area contributed by atoms with E-state index in [0.29, 0.717) is 6.54 Å². The number of carbonyl (C=O) groups excluding carboxylic acids is 2. The van der Waals surface area contributed by atoms with Crippen LogP contribution in [0.4, 0.5) is 13.2 Å². The molecular formula is C24H28F3N7O3. The molecule has 10 nitrogen and oxygen atoms in total. The minimum atomic E-state index is -4.60. The van der Waals surface area contributed by atoms with E-state index in [1.54, 1.807) is 4.57 Å². The molecule has 2 N–H and O–H groups in total. The highest BCUT2D eigenvalue weighted by Crippen LogP contribution is 2.44. The van der Waals surface area contributed by atoms with Crippen molar-refractivity contribution in [2.45, 2.75) is 64.3 Å². The molecule has 1 fully saturated rings. The number of alkyl halides is 3. The number of halogens is 3. The number of nitrogens with one attached hydrogen (secondary N) is 2. The van der Waals surface area contributed by atoms with Gasteiger partial charge in [-0.15, -0.1) is 10.2 Å². The Hall–Kier alpha value is -3.64. The molecule has 37 heavy (non-hydrogen) atoms. The normalized spacial score (nSPS) is 17.2. The van der Waals surface area contributed by atoms with Gasteiger partial charge in [-0.3, -0.25) is 14.2 Å². The average molecular weight is 520 g/mol. The number of aromatic nitrogens is 5. The second-order valence-corrected chi connectivity index (χ2v) is 9.91. The molecule has 3 heterocycles. The molecule has 0 unspecified atom stereocenters. The zero-order chi connectivity index (χ0) is 26.2. The van der Waals surface area contributed by atoms with E-state index in [4.69, 9.17) is 0 Å². The number of fused-ring (bicyclic) bond motifs is 2. The molecule has 2 aromatic heterocycles. The fourth-order valence-corrected chi connectivity index (χ4v) is 5.59. The predicted molar refractivity (Wildman–Crippen MR) is 126 cm³/mol. The number of benzene rings is 1. The SMILES string of the molecule is O=C(CC1(CC(=O)N2CCn3c(nnc3C(F)(F)F)C2)CCCC1)NCCn1c(=O)[nH]c2ccccc21. The van der Waals surface area contributed by atoms with Crippen molar-refractivity contribution in [1.82, 2.24) is 34.5 Å². The van der Waals surface area contributed by atoms with Gasteiger partial charge in [0.15, 0.2) is 5.82 Å². The van der Waals surface area contributed by atoms with Crippen LogP contribution < -0.4 is 11.0 Å². The third-order valence-electron chi connectivity index (χ3n) is 7.42. The van der Waals surface area contributed by atoms with E-state index in [1.807, 2.05) is 24.3 Å². The van der Waals surface area contributed by atoms with Crippen molar-refractivity contribution in [2.24, 2.45) is 5.41 Å². The van der Waals surface area contributed by atoms with Crippen LogP contribution in [0.1, 0.15) is 50.2 Å². The first-order valence-corrected chi connectivity index (χ1v) is 12.4. The van der Waals surface area contributed by atoms with Crippen LogP contribution in [0.3, 0.4) is 0 Å². The number of aromatic amines is 1. The Kier molecular flexibility index (Phi) is 6.54. The van der Waals surface area contributed by atoms with Crippen LogP contribution in [0.2, 0.25) is 0 Å². The zero-order valence-electron chi connectivity index (χ0n) is 20.2. The standard InChI is InChI=1S/C24H28F3N7O3/c25-24(26,27)21-31-30-18-15-32(11-12-34(18)21)20(36)14-23(7-3-4-8-23)13-19(35)28-9-10-33-17-6-2-1-5-16(17)29-22(33)37/h1-2,5-6H,3-4,7-15H2,(H,28,35)(H,29,37). The number of nitrogens with zero attached hydrogens (tertiary/aromatic N) is 5. The summed E-state index contributed by atoms with van der Waals surface area (Å²) in [6, 6.07) is 7.32. The molecule has 3 aromatic rings. The van der Waals surface area contributed by atoms with E-state index < -0.39 is 17.4 Å². The summed E-state index contributed by atoms with van der Waals surface area (Å²) in [5.74, 6) is -1.32. The average Bonchev–Trinajstić information content (AvgIpc) is 3.56. The summed E-state index contributed by atoms with van der Waals surface area (Å²) in [7, 11) is 0. The molecule has 13 heteroatoms. The fourth-order valence-electron chi connectivity index (χ4n) is 5.59. The summed E-state index contributed by atoms with van der Waals surface area (Å²) in [5, 5.41) is 9.79. The van der Waals surface area contributed by atoms with Gasteiger partial charge in [0.1, 0.15) is 0 Å². The lowest BCUT2D eigenvalue weighted by Gasteiger charge is -2.33. The summed E-state index contributed by atoms with van der Waals surface area (Å²) in [5.41, 5.74) is 0.765. The number of carbonyl (C=O) groups is 2. The molecule has 0 spiro atoms. The zero-order valence-corrected chi connectivity index (χ0v) is 20.2. The molecule has 0 atom stereocenters. The second kappa shape index (κ2) is 9.67. The van der Waals surface area contributed by atoms with E-state index in [0.717, 1.165) is 41.3 Å². The third-order valence-corrected chi connectivity index (χ3v) is 7.42. The topological polar surface area (TPSA) is 118 Å². The third kappa shape index (κ3) is 5.12. The maximum absolute atomic E-state index is 13.2. The quantitative estimate of drug-likeness (QED) is 0.497. The molecule has 1 aliphatic carbocycles. The second-order valence-electron chi connectivity index (χ2n) is 9.91. The molecule has 0 radical (unpaired) electrons. The monoisotopic (exact) mass is 519 g/mol. The first kappa shape index (κ1) is 25.0. The minimum Gasteiger partial charge on any atom is -0.354 e. The van der Waals surface area contributed by atoms with Crippen molar-refractivity contribution < 1.29 is 22.8 Å². The highest BCUT2D eigenvalue weighted by molar-refractivity contribution is 5.80. The van der Waals surface area contributed by atoms with Gasteiger partial charge in [0, 0.05) is 39.0 Å². The minimum absolute atomic E-state index is 0.0242. The van der Waals surface area contributed by atoms with Crippen LogP contribution in [0, 0.1) is 5.41 Å². The Morgan fingerprint density at radius 2 is 1.84 bits per heavy atom. The van der Waals surface area contributed by atoms with Crippen LogP contribution in [0.15, 0.2) is 29.1 Å². The van der Waals surface area contributed by atoms with Crippen LogP contribution >= 0.6 is 0 Å². The molecule has 2 amide bonds. The molecule has 2 aliphatic rings. The number of imidazole rings is 1. The molecular weight excluding hydrogens is 491 g/mol. The molecule has 0 saturated heterocycles. The van der Waals surface area contributed by atoms with E-state index in [-0.39, 0.29) is 62.3 Å². The Bertz CT molecular complexity index is 1370. The molecule has 1 aromatic carbocycles. The Morgan fingerprint density at radius 3 is 2.59 bits per heavy atom. The van der Waals surface area contributed by atoms with Crippen LogP contribution in [0.5, 0.6) is 0 Å². The van der Waals surface area contributed by atoms with Gasteiger partial charge in [0.05, 0.1) is 17.6 Å². The van der Waals surface area contributed by atoms with Crippen molar-refractivity contribution in [3.63, 3.8) is 0 Å².